The van der Waals surface area contributed by atoms with E-state index in [1.165, 1.54) is 0 Å². The molecule has 104 valence electrons. The molecule has 1 amide bonds. The summed E-state index contributed by atoms with van der Waals surface area (Å²) in [5.74, 6) is -4.20. The number of amides is 1. The summed E-state index contributed by atoms with van der Waals surface area (Å²) in [7, 11) is 0. The van der Waals surface area contributed by atoms with Crippen LogP contribution in [0.25, 0.3) is 0 Å². The SMILES string of the molecule is CC1(OCC(=O)Nc2cc(F)c(F)cc2F)CNC1. The summed E-state index contributed by atoms with van der Waals surface area (Å²) in [6.07, 6.45) is 0. The molecule has 1 fully saturated rings. The quantitative estimate of drug-likeness (QED) is 0.816. The van der Waals surface area contributed by atoms with Gasteiger partial charge in [0.15, 0.2) is 11.6 Å². The van der Waals surface area contributed by atoms with Crippen LogP contribution in [0, 0.1) is 17.5 Å². The molecule has 1 aromatic carbocycles. The van der Waals surface area contributed by atoms with Crippen molar-refractivity contribution < 1.29 is 22.7 Å². The molecule has 0 radical (unpaired) electrons. The molecule has 1 saturated heterocycles. The Morgan fingerprint density at radius 1 is 1.32 bits per heavy atom. The van der Waals surface area contributed by atoms with Crippen molar-refractivity contribution in [2.45, 2.75) is 12.5 Å². The van der Waals surface area contributed by atoms with E-state index in [0.29, 0.717) is 25.2 Å². The van der Waals surface area contributed by atoms with Gasteiger partial charge >= 0.3 is 0 Å². The number of benzene rings is 1. The van der Waals surface area contributed by atoms with E-state index in [0.717, 1.165) is 0 Å². The van der Waals surface area contributed by atoms with Crippen LogP contribution in [-0.2, 0) is 9.53 Å². The standard InChI is InChI=1S/C12H13F3N2O2/c1-12(5-16-6-12)19-4-11(18)17-10-3-8(14)7(13)2-9(10)15/h2-3,16H,4-6H2,1H3,(H,17,18). The maximum Gasteiger partial charge on any atom is 0.250 e. The number of anilines is 1. The Kier molecular flexibility index (Phi) is 3.77. The van der Waals surface area contributed by atoms with Gasteiger partial charge in [-0.15, -0.1) is 0 Å². The fourth-order valence-corrected chi connectivity index (χ4v) is 1.62. The van der Waals surface area contributed by atoms with Crippen LogP contribution in [0.1, 0.15) is 6.92 Å². The third kappa shape index (κ3) is 3.24. The molecule has 0 atom stereocenters. The van der Waals surface area contributed by atoms with Crippen molar-refractivity contribution in [2.75, 3.05) is 25.0 Å². The zero-order chi connectivity index (χ0) is 14.0. The van der Waals surface area contributed by atoms with Gasteiger partial charge in [-0.05, 0) is 6.92 Å². The lowest BCUT2D eigenvalue weighted by Crippen LogP contribution is -2.59. The summed E-state index contributed by atoms with van der Waals surface area (Å²) in [5, 5.41) is 5.12. The van der Waals surface area contributed by atoms with Gasteiger partial charge in [0.05, 0.1) is 11.3 Å². The lowest BCUT2D eigenvalue weighted by molar-refractivity contribution is -0.130. The van der Waals surface area contributed by atoms with Crippen LogP contribution < -0.4 is 10.6 Å². The summed E-state index contributed by atoms with van der Waals surface area (Å²) in [4.78, 5) is 11.5. The van der Waals surface area contributed by atoms with E-state index in [1.807, 2.05) is 6.92 Å². The van der Waals surface area contributed by atoms with E-state index >= 15 is 0 Å². The van der Waals surface area contributed by atoms with Gasteiger partial charge in [-0.3, -0.25) is 4.79 Å². The second-order valence-corrected chi connectivity index (χ2v) is 4.64. The molecule has 2 N–H and O–H groups in total. The monoisotopic (exact) mass is 274 g/mol. The molecule has 1 heterocycles. The number of ether oxygens (including phenoxy) is 1. The number of rotatable bonds is 4. The fraction of sp³-hybridized carbons (Fsp3) is 0.417. The van der Waals surface area contributed by atoms with Gasteiger partial charge in [0.25, 0.3) is 0 Å². The highest BCUT2D eigenvalue weighted by Crippen LogP contribution is 2.19. The molecular weight excluding hydrogens is 261 g/mol. The molecule has 1 aliphatic heterocycles. The maximum atomic E-state index is 13.3. The number of halogens is 3. The van der Waals surface area contributed by atoms with E-state index in [-0.39, 0.29) is 6.61 Å². The molecule has 0 bridgehead atoms. The summed E-state index contributed by atoms with van der Waals surface area (Å²) in [5.41, 5.74) is -0.825. The molecular formula is C12H13F3N2O2. The van der Waals surface area contributed by atoms with E-state index < -0.39 is 34.6 Å². The van der Waals surface area contributed by atoms with E-state index in [4.69, 9.17) is 4.74 Å². The molecule has 4 nitrogen and oxygen atoms in total. The fourth-order valence-electron chi connectivity index (χ4n) is 1.62. The van der Waals surface area contributed by atoms with E-state index in [1.54, 1.807) is 0 Å². The summed E-state index contributed by atoms with van der Waals surface area (Å²) in [6.45, 7) is 2.80. The predicted octanol–water partition coefficient (Wildman–Crippen LogP) is 1.42. The first kappa shape index (κ1) is 13.8. The van der Waals surface area contributed by atoms with Crippen molar-refractivity contribution in [1.82, 2.24) is 5.32 Å². The van der Waals surface area contributed by atoms with Crippen molar-refractivity contribution in [2.24, 2.45) is 0 Å². The molecule has 0 spiro atoms. The number of carbonyl (C=O) groups excluding carboxylic acids is 1. The molecule has 2 rings (SSSR count). The Labute approximate surface area is 107 Å². The van der Waals surface area contributed by atoms with Crippen LogP contribution >= 0.6 is 0 Å². The number of nitrogens with one attached hydrogen (secondary N) is 2. The van der Waals surface area contributed by atoms with Gasteiger partial charge < -0.3 is 15.4 Å². The second-order valence-electron chi connectivity index (χ2n) is 4.64. The van der Waals surface area contributed by atoms with Gasteiger partial charge in [-0.2, -0.15) is 0 Å². The van der Waals surface area contributed by atoms with Crippen molar-refractivity contribution >= 4 is 11.6 Å². The van der Waals surface area contributed by atoms with Crippen LogP contribution in [-0.4, -0.2) is 31.2 Å². The first-order valence-electron chi connectivity index (χ1n) is 5.69. The second kappa shape index (κ2) is 5.18. The average Bonchev–Trinajstić information content (AvgIpc) is 2.31. The highest BCUT2D eigenvalue weighted by Gasteiger charge is 2.33. The zero-order valence-electron chi connectivity index (χ0n) is 10.2. The Morgan fingerprint density at radius 2 is 1.95 bits per heavy atom. The topological polar surface area (TPSA) is 50.4 Å². The molecule has 0 saturated carbocycles. The molecule has 19 heavy (non-hydrogen) atoms. The summed E-state index contributed by atoms with van der Waals surface area (Å²) < 4.78 is 44.2. The average molecular weight is 274 g/mol. The third-order valence-electron chi connectivity index (χ3n) is 2.83. The normalized spacial score (nSPS) is 16.8. The van der Waals surface area contributed by atoms with E-state index in [2.05, 4.69) is 10.6 Å². The minimum Gasteiger partial charge on any atom is -0.363 e. The lowest BCUT2D eigenvalue weighted by Gasteiger charge is -2.38. The molecule has 0 unspecified atom stereocenters. The lowest BCUT2D eigenvalue weighted by atomic mass is 10.0. The molecule has 1 aromatic rings. The molecule has 7 heteroatoms. The first-order chi connectivity index (χ1) is 8.89. The Morgan fingerprint density at radius 3 is 2.53 bits per heavy atom. The van der Waals surface area contributed by atoms with Crippen LogP contribution in [0.2, 0.25) is 0 Å². The number of carbonyl (C=O) groups is 1. The van der Waals surface area contributed by atoms with Crippen molar-refractivity contribution in [1.29, 1.82) is 0 Å². The number of hydrogen-bond acceptors (Lipinski definition) is 3. The van der Waals surface area contributed by atoms with E-state index in [9.17, 15) is 18.0 Å². The summed E-state index contributed by atoms with van der Waals surface area (Å²) in [6, 6.07) is 0.970. The largest absolute Gasteiger partial charge is 0.363 e. The molecule has 0 aliphatic carbocycles. The first-order valence-corrected chi connectivity index (χ1v) is 5.69. The third-order valence-corrected chi connectivity index (χ3v) is 2.83. The highest BCUT2D eigenvalue weighted by molar-refractivity contribution is 5.91. The van der Waals surface area contributed by atoms with Crippen LogP contribution in [0.5, 0.6) is 0 Å². The van der Waals surface area contributed by atoms with Crippen molar-refractivity contribution in [3.8, 4) is 0 Å². The van der Waals surface area contributed by atoms with Gasteiger partial charge in [0.2, 0.25) is 5.91 Å². The smallest absolute Gasteiger partial charge is 0.250 e. The minimum atomic E-state index is -1.31. The van der Waals surface area contributed by atoms with Crippen LogP contribution in [0.4, 0.5) is 18.9 Å². The Balaban J connectivity index is 1.93. The zero-order valence-corrected chi connectivity index (χ0v) is 10.2. The Hall–Kier alpha value is -1.60. The van der Waals surface area contributed by atoms with Gasteiger partial charge in [-0.25, -0.2) is 13.2 Å². The van der Waals surface area contributed by atoms with Crippen LogP contribution in [0.3, 0.4) is 0 Å². The van der Waals surface area contributed by atoms with Crippen LogP contribution in [0.15, 0.2) is 12.1 Å². The minimum absolute atomic E-state index is 0.281. The predicted molar refractivity (Wildman–Crippen MR) is 62.2 cm³/mol. The van der Waals surface area contributed by atoms with Gasteiger partial charge in [0, 0.05) is 25.2 Å². The Bertz CT molecular complexity index is 504. The van der Waals surface area contributed by atoms with Crippen molar-refractivity contribution in [3.63, 3.8) is 0 Å². The maximum absolute atomic E-state index is 13.3. The highest BCUT2D eigenvalue weighted by atomic mass is 19.2. The molecule has 0 aromatic heterocycles. The number of hydrogen-bond donors (Lipinski definition) is 2. The molecule has 1 aliphatic rings. The van der Waals surface area contributed by atoms with Gasteiger partial charge in [0.1, 0.15) is 12.4 Å². The van der Waals surface area contributed by atoms with Crippen molar-refractivity contribution in [3.05, 3.63) is 29.6 Å². The summed E-state index contributed by atoms with van der Waals surface area (Å²) >= 11 is 0. The van der Waals surface area contributed by atoms with Gasteiger partial charge in [-0.1, -0.05) is 0 Å².